The summed E-state index contributed by atoms with van der Waals surface area (Å²) in [6.07, 6.45) is 0. The SMILES string of the molecule is Cc1cccc2c1NS(=O)(=O)N=C2N. The summed E-state index contributed by atoms with van der Waals surface area (Å²) in [5.41, 5.74) is 7.48. The van der Waals surface area contributed by atoms with Crippen LogP contribution in [0.5, 0.6) is 0 Å². The number of aryl methyl sites for hydroxylation is 1. The number of rotatable bonds is 0. The molecule has 1 aliphatic rings. The summed E-state index contributed by atoms with van der Waals surface area (Å²) in [5, 5.41) is 0. The summed E-state index contributed by atoms with van der Waals surface area (Å²) in [5.74, 6) is 0.0300. The first-order valence-electron chi connectivity index (χ1n) is 3.98. The number of hydrogen-bond acceptors (Lipinski definition) is 3. The molecule has 3 N–H and O–H groups in total. The van der Waals surface area contributed by atoms with E-state index in [1.165, 1.54) is 0 Å². The molecule has 0 radical (unpaired) electrons. The number of anilines is 1. The van der Waals surface area contributed by atoms with E-state index in [1.54, 1.807) is 25.1 Å². The van der Waals surface area contributed by atoms with Gasteiger partial charge in [0.15, 0.2) is 0 Å². The summed E-state index contributed by atoms with van der Waals surface area (Å²) >= 11 is 0. The third-order valence-corrected chi connectivity index (χ3v) is 2.90. The zero-order valence-electron chi connectivity index (χ0n) is 7.48. The van der Waals surface area contributed by atoms with Crippen molar-refractivity contribution in [2.75, 3.05) is 4.72 Å². The molecule has 0 saturated carbocycles. The normalized spacial score (nSPS) is 17.9. The van der Waals surface area contributed by atoms with E-state index in [1.807, 2.05) is 0 Å². The van der Waals surface area contributed by atoms with Crippen LogP contribution < -0.4 is 10.5 Å². The van der Waals surface area contributed by atoms with Crippen LogP contribution in [0.15, 0.2) is 22.6 Å². The fourth-order valence-electron chi connectivity index (χ4n) is 1.35. The van der Waals surface area contributed by atoms with Crippen molar-refractivity contribution in [3.05, 3.63) is 29.3 Å². The molecule has 0 atom stereocenters. The molecule has 0 aliphatic carbocycles. The molecule has 0 saturated heterocycles. The number of nitrogens with two attached hydrogens (primary N) is 1. The number of hydrogen-bond donors (Lipinski definition) is 2. The first-order valence-corrected chi connectivity index (χ1v) is 5.42. The monoisotopic (exact) mass is 211 g/mol. The Morgan fingerprint density at radius 2 is 2.14 bits per heavy atom. The predicted octanol–water partition coefficient (Wildman–Crippen LogP) is 0.371. The Kier molecular flexibility index (Phi) is 1.75. The van der Waals surface area contributed by atoms with Crippen molar-refractivity contribution in [1.82, 2.24) is 0 Å². The van der Waals surface area contributed by atoms with Gasteiger partial charge in [0.2, 0.25) is 0 Å². The summed E-state index contributed by atoms with van der Waals surface area (Å²) in [4.78, 5) is 0. The van der Waals surface area contributed by atoms with Crippen LogP contribution in [0, 0.1) is 6.92 Å². The molecule has 74 valence electrons. The Bertz CT molecular complexity index is 519. The van der Waals surface area contributed by atoms with E-state index in [4.69, 9.17) is 5.73 Å². The minimum absolute atomic E-state index is 0.0300. The molecule has 0 amide bonds. The molecular formula is C8H9N3O2S. The number of fused-ring (bicyclic) bond motifs is 1. The summed E-state index contributed by atoms with van der Waals surface area (Å²) in [6, 6.07) is 5.33. The maximum absolute atomic E-state index is 11.2. The molecule has 0 bridgehead atoms. The molecule has 6 heteroatoms. The first kappa shape index (κ1) is 9.01. The lowest BCUT2D eigenvalue weighted by atomic mass is 10.1. The number of amidine groups is 1. The van der Waals surface area contributed by atoms with Gasteiger partial charge in [-0.1, -0.05) is 12.1 Å². The van der Waals surface area contributed by atoms with Gasteiger partial charge < -0.3 is 5.73 Å². The van der Waals surface area contributed by atoms with Crippen molar-refractivity contribution in [1.29, 1.82) is 0 Å². The Hall–Kier alpha value is -1.56. The molecule has 0 spiro atoms. The fraction of sp³-hybridized carbons (Fsp3) is 0.125. The Morgan fingerprint density at radius 1 is 1.43 bits per heavy atom. The standard InChI is InChI=1S/C8H9N3O2S/c1-5-3-2-4-6-7(5)10-14(12,13)11-8(6)9/h2-4,10H,1H3,(H2,9,11). The minimum atomic E-state index is -3.65. The van der Waals surface area contributed by atoms with Gasteiger partial charge in [-0.25, -0.2) is 0 Å². The quantitative estimate of drug-likeness (QED) is 0.650. The van der Waals surface area contributed by atoms with Gasteiger partial charge in [-0.15, -0.1) is 4.40 Å². The molecule has 0 aromatic heterocycles. The molecule has 1 aromatic carbocycles. The van der Waals surface area contributed by atoms with Crippen molar-refractivity contribution in [2.45, 2.75) is 6.92 Å². The van der Waals surface area contributed by atoms with Crippen LogP contribution in [0.2, 0.25) is 0 Å². The van der Waals surface area contributed by atoms with Crippen LogP contribution in [0.1, 0.15) is 11.1 Å². The van der Waals surface area contributed by atoms with Gasteiger partial charge >= 0.3 is 10.2 Å². The third kappa shape index (κ3) is 1.33. The second kappa shape index (κ2) is 2.71. The van der Waals surface area contributed by atoms with E-state index in [0.29, 0.717) is 11.3 Å². The van der Waals surface area contributed by atoms with Crippen molar-refractivity contribution in [2.24, 2.45) is 10.1 Å². The second-order valence-corrected chi connectivity index (χ2v) is 4.39. The molecular weight excluding hydrogens is 202 g/mol. The summed E-state index contributed by atoms with van der Waals surface area (Å²) in [6.45, 7) is 1.81. The lowest BCUT2D eigenvalue weighted by molar-refractivity contribution is 0.602. The van der Waals surface area contributed by atoms with E-state index >= 15 is 0 Å². The van der Waals surface area contributed by atoms with Gasteiger partial charge in [0.1, 0.15) is 5.84 Å². The average molecular weight is 211 g/mol. The number of nitrogens with zero attached hydrogens (tertiary/aromatic N) is 1. The van der Waals surface area contributed by atoms with Crippen LogP contribution in [0.3, 0.4) is 0 Å². The van der Waals surface area contributed by atoms with Gasteiger partial charge in [0, 0.05) is 5.56 Å². The van der Waals surface area contributed by atoms with Crippen molar-refractivity contribution in [3.63, 3.8) is 0 Å². The fourth-order valence-corrected chi connectivity index (χ4v) is 2.28. The van der Waals surface area contributed by atoms with Crippen LogP contribution in [-0.2, 0) is 10.2 Å². The van der Waals surface area contributed by atoms with Gasteiger partial charge in [-0.05, 0) is 18.6 Å². The van der Waals surface area contributed by atoms with Gasteiger partial charge in [0.05, 0.1) is 5.69 Å². The summed E-state index contributed by atoms with van der Waals surface area (Å²) in [7, 11) is -3.65. The molecule has 0 unspecified atom stereocenters. The lowest BCUT2D eigenvalue weighted by Crippen LogP contribution is -2.26. The zero-order chi connectivity index (χ0) is 10.3. The van der Waals surface area contributed by atoms with Gasteiger partial charge in [-0.2, -0.15) is 8.42 Å². The Balaban J connectivity index is 2.74. The highest BCUT2D eigenvalue weighted by Gasteiger charge is 2.21. The average Bonchev–Trinajstić information content (AvgIpc) is 2.05. The third-order valence-electron chi connectivity index (χ3n) is 2.00. The molecule has 2 rings (SSSR count). The van der Waals surface area contributed by atoms with E-state index in [-0.39, 0.29) is 5.84 Å². The van der Waals surface area contributed by atoms with Crippen LogP contribution in [-0.4, -0.2) is 14.3 Å². The van der Waals surface area contributed by atoms with Crippen LogP contribution in [0.25, 0.3) is 0 Å². The Morgan fingerprint density at radius 3 is 2.86 bits per heavy atom. The highest BCUT2D eigenvalue weighted by molar-refractivity contribution is 7.91. The smallest absolute Gasteiger partial charge is 0.344 e. The molecule has 1 aromatic rings. The highest BCUT2D eigenvalue weighted by atomic mass is 32.2. The number of para-hydroxylation sites is 1. The molecule has 5 nitrogen and oxygen atoms in total. The molecule has 0 fully saturated rings. The molecule has 1 aliphatic heterocycles. The van der Waals surface area contributed by atoms with Crippen LogP contribution >= 0.6 is 0 Å². The lowest BCUT2D eigenvalue weighted by Gasteiger charge is -2.17. The first-order chi connectivity index (χ1) is 6.49. The number of benzene rings is 1. The maximum atomic E-state index is 11.2. The predicted molar refractivity (Wildman–Crippen MR) is 54.4 cm³/mol. The molecule has 1 heterocycles. The minimum Gasteiger partial charge on any atom is -0.382 e. The van der Waals surface area contributed by atoms with E-state index < -0.39 is 10.2 Å². The number of nitrogens with one attached hydrogen (secondary N) is 1. The van der Waals surface area contributed by atoms with Crippen molar-refractivity contribution >= 4 is 21.7 Å². The highest BCUT2D eigenvalue weighted by Crippen LogP contribution is 2.25. The molecule has 14 heavy (non-hydrogen) atoms. The topological polar surface area (TPSA) is 84.5 Å². The van der Waals surface area contributed by atoms with E-state index in [9.17, 15) is 8.42 Å². The van der Waals surface area contributed by atoms with Crippen molar-refractivity contribution < 1.29 is 8.42 Å². The summed E-state index contributed by atoms with van der Waals surface area (Å²) < 4.78 is 28.1. The van der Waals surface area contributed by atoms with Crippen molar-refractivity contribution in [3.8, 4) is 0 Å². The Labute approximate surface area is 81.8 Å². The van der Waals surface area contributed by atoms with Gasteiger partial charge in [-0.3, -0.25) is 4.72 Å². The zero-order valence-corrected chi connectivity index (χ0v) is 8.30. The maximum Gasteiger partial charge on any atom is 0.344 e. The van der Waals surface area contributed by atoms with Crippen LogP contribution in [0.4, 0.5) is 5.69 Å². The van der Waals surface area contributed by atoms with Gasteiger partial charge in [0.25, 0.3) is 0 Å². The van der Waals surface area contributed by atoms with E-state index in [2.05, 4.69) is 9.12 Å². The second-order valence-electron chi connectivity index (χ2n) is 3.05. The largest absolute Gasteiger partial charge is 0.382 e. The van der Waals surface area contributed by atoms with E-state index in [0.717, 1.165) is 5.56 Å².